The highest BCUT2D eigenvalue weighted by Crippen LogP contribution is 2.29. The summed E-state index contributed by atoms with van der Waals surface area (Å²) in [6.45, 7) is 7.80. The lowest BCUT2D eigenvalue weighted by atomic mass is 9.95. The van der Waals surface area contributed by atoms with Gasteiger partial charge in [0.15, 0.2) is 5.76 Å². The van der Waals surface area contributed by atoms with Crippen LogP contribution >= 0.6 is 0 Å². The summed E-state index contributed by atoms with van der Waals surface area (Å²) in [6, 6.07) is 9.60. The quantitative estimate of drug-likeness (QED) is 0.645. The van der Waals surface area contributed by atoms with Gasteiger partial charge in [-0.15, -0.1) is 0 Å². The van der Waals surface area contributed by atoms with Gasteiger partial charge in [0.25, 0.3) is 5.91 Å². The minimum absolute atomic E-state index is 0.0949. The van der Waals surface area contributed by atoms with Crippen molar-refractivity contribution in [1.82, 2.24) is 15.0 Å². The maximum absolute atomic E-state index is 13.3. The monoisotopic (exact) mass is 441 g/mol. The lowest BCUT2D eigenvalue weighted by Gasteiger charge is -2.39. The molecule has 2 aliphatic rings. The normalized spacial score (nSPS) is 20.3. The summed E-state index contributed by atoms with van der Waals surface area (Å²) in [4.78, 5) is 29.4. The van der Waals surface area contributed by atoms with Crippen LogP contribution in [0.2, 0.25) is 0 Å². The molecule has 32 heavy (non-hydrogen) atoms. The number of amides is 2. The zero-order chi connectivity index (χ0) is 22.7. The average molecular weight is 442 g/mol. The number of nitrogens with zero attached hydrogens (tertiary/aromatic N) is 3. The SMILES string of the molecule is CC[C@H](C)[C@@H]1COC(=O)N1C1CCN(C(=O)c2c(C)noc2COc2ccccc2)CC1. The second-order valence-electron chi connectivity index (χ2n) is 8.63. The molecular weight excluding hydrogens is 410 g/mol. The highest BCUT2D eigenvalue weighted by atomic mass is 16.6. The first kappa shape index (κ1) is 22.2. The maximum Gasteiger partial charge on any atom is 0.410 e. The number of carbonyl (C=O) groups is 2. The number of cyclic esters (lactones) is 1. The van der Waals surface area contributed by atoms with Gasteiger partial charge < -0.3 is 18.9 Å². The van der Waals surface area contributed by atoms with Gasteiger partial charge in [-0.3, -0.25) is 9.69 Å². The van der Waals surface area contributed by atoms with Gasteiger partial charge in [-0.05, 0) is 37.8 Å². The van der Waals surface area contributed by atoms with E-state index in [9.17, 15) is 9.59 Å². The van der Waals surface area contributed by atoms with E-state index in [-0.39, 0.29) is 30.7 Å². The van der Waals surface area contributed by atoms with Crippen LogP contribution in [-0.4, -0.2) is 58.7 Å². The van der Waals surface area contributed by atoms with Crippen molar-refractivity contribution in [3.63, 3.8) is 0 Å². The van der Waals surface area contributed by atoms with Gasteiger partial charge in [0.2, 0.25) is 0 Å². The summed E-state index contributed by atoms with van der Waals surface area (Å²) in [5, 5.41) is 4.00. The van der Waals surface area contributed by atoms with E-state index in [4.69, 9.17) is 14.0 Å². The molecule has 8 heteroatoms. The molecule has 0 bridgehead atoms. The van der Waals surface area contributed by atoms with Crippen molar-refractivity contribution >= 4 is 12.0 Å². The van der Waals surface area contributed by atoms with Crippen LogP contribution in [-0.2, 0) is 11.3 Å². The van der Waals surface area contributed by atoms with Crippen LogP contribution in [0.1, 0.15) is 54.9 Å². The summed E-state index contributed by atoms with van der Waals surface area (Å²) in [5.74, 6) is 1.41. The van der Waals surface area contributed by atoms with E-state index in [0.717, 1.165) is 19.3 Å². The van der Waals surface area contributed by atoms with Crippen molar-refractivity contribution in [1.29, 1.82) is 0 Å². The Bertz CT molecular complexity index is 936. The zero-order valence-corrected chi connectivity index (χ0v) is 19.0. The molecule has 0 N–H and O–H groups in total. The van der Waals surface area contributed by atoms with E-state index in [1.165, 1.54) is 0 Å². The molecule has 0 unspecified atom stereocenters. The van der Waals surface area contributed by atoms with Crippen LogP contribution in [0.5, 0.6) is 5.75 Å². The first-order chi connectivity index (χ1) is 15.5. The van der Waals surface area contributed by atoms with Gasteiger partial charge in [-0.2, -0.15) is 0 Å². The van der Waals surface area contributed by atoms with E-state index in [1.807, 2.05) is 40.1 Å². The van der Waals surface area contributed by atoms with Gasteiger partial charge >= 0.3 is 6.09 Å². The van der Waals surface area contributed by atoms with Gasteiger partial charge in [0.1, 0.15) is 24.5 Å². The average Bonchev–Trinajstić information content (AvgIpc) is 3.39. The third kappa shape index (κ3) is 4.45. The minimum atomic E-state index is -0.227. The number of para-hydroxylation sites is 1. The molecular formula is C24H31N3O5. The predicted molar refractivity (Wildman–Crippen MR) is 117 cm³/mol. The van der Waals surface area contributed by atoms with Crippen LogP contribution in [0.25, 0.3) is 0 Å². The topological polar surface area (TPSA) is 85.1 Å². The number of hydrogen-bond acceptors (Lipinski definition) is 6. The van der Waals surface area contributed by atoms with E-state index >= 15 is 0 Å². The number of aromatic nitrogens is 1. The van der Waals surface area contributed by atoms with Gasteiger partial charge in [-0.25, -0.2) is 4.79 Å². The Morgan fingerprint density at radius 3 is 2.66 bits per heavy atom. The summed E-state index contributed by atoms with van der Waals surface area (Å²) in [7, 11) is 0. The molecule has 3 heterocycles. The van der Waals surface area contributed by atoms with Crippen molar-refractivity contribution in [2.75, 3.05) is 19.7 Å². The summed E-state index contributed by atoms with van der Waals surface area (Å²) in [6.07, 6.45) is 2.23. The Labute approximate surface area is 188 Å². The molecule has 0 spiro atoms. The van der Waals surface area contributed by atoms with Crippen molar-refractivity contribution in [3.05, 3.63) is 47.3 Å². The number of ether oxygens (including phenoxy) is 2. The summed E-state index contributed by atoms with van der Waals surface area (Å²) >= 11 is 0. The number of aryl methyl sites for hydroxylation is 1. The molecule has 1 aromatic heterocycles. The Morgan fingerprint density at radius 1 is 1.25 bits per heavy atom. The van der Waals surface area contributed by atoms with Gasteiger partial charge in [-0.1, -0.05) is 43.6 Å². The molecule has 2 atom stereocenters. The minimum Gasteiger partial charge on any atom is -0.486 e. The molecule has 2 fully saturated rings. The summed E-state index contributed by atoms with van der Waals surface area (Å²) in [5.41, 5.74) is 1.03. The third-order valence-corrected chi connectivity index (χ3v) is 6.65. The van der Waals surface area contributed by atoms with Crippen LogP contribution < -0.4 is 4.74 Å². The first-order valence-corrected chi connectivity index (χ1v) is 11.4. The number of benzene rings is 1. The lowest BCUT2D eigenvalue weighted by molar-refractivity contribution is 0.0610. The second-order valence-corrected chi connectivity index (χ2v) is 8.63. The second kappa shape index (κ2) is 9.63. The fourth-order valence-corrected chi connectivity index (χ4v) is 4.54. The van der Waals surface area contributed by atoms with Crippen LogP contribution in [0.3, 0.4) is 0 Å². The molecule has 0 saturated carbocycles. The number of piperidine rings is 1. The molecule has 2 aliphatic heterocycles. The zero-order valence-electron chi connectivity index (χ0n) is 19.0. The highest BCUT2D eigenvalue weighted by molar-refractivity contribution is 5.96. The highest BCUT2D eigenvalue weighted by Gasteiger charge is 2.42. The van der Waals surface area contributed by atoms with E-state index < -0.39 is 0 Å². The molecule has 0 aliphatic carbocycles. The Balaban J connectivity index is 1.40. The Kier molecular flexibility index (Phi) is 6.67. The molecule has 8 nitrogen and oxygen atoms in total. The maximum atomic E-state index is 13.3. The van der Waals surface area contributed by atoms with E-state index in [2.05, 4.69) is 19.0 Å². The molecule has 2 aromatic rings. The molecule has 0 radical (unpaired) electrons. The van der Waals surface area contributed by atoms with Crippen molar-refractivity contribution in [2.45, 2.75) is 58.7 Å². The van der Waals surface area contributed by atoms with Crippen molar-refractivity contribution in [3.8, 4) is 5.75 Å². The van der Waals surface area contributed by atoms with Crippen LogP contribution in [0, 0.1) is 12.8 Å². The molecule has 2 amide bonds. The first-order valence-electron chi connectivity index (χ1n) is 11.4. The molecule has 172 valence electrons. The van der Waals surface area contributed by atoms with Gasteiger partial charge in [0.05, 0.1) is 11.7 Å². The number of likely N-dealkylation sites (tertiary alicyclic amines) is 1. The predicted octanol–water partition coefficient (Wildman–Crippen LogP) is 4.03. The smallest absolute Gasteiger partial charge is 0.410 e. The number of hydrogen-bond donors (Lipinski definition) is 0. The standard InChI is InChI=1S/C24H31N3O5/c1-4-16(2)20-14-31-24(29)27(20)18-10-12-26(13-11-18)23(28)22-17(3)25-32-21(22)15-30-19-8-6-5-7-9-19/h5-9,16,18,20H,4,10-15H2,1-3H3/t16-,20-/m0/s1. The lowest BCUT2D eigenvalue weighted by Crippen LogP contribution is -2.51. The fourth-order valence-electron chi connectivity index (χ4n) is 4.54. The molecule has 2 saturated heterocycles. The number of carbonyl (C=O) groups excluding carboxylic acids is 2. The molecule has 1 aromatic carbocycles. The van der Waals surface area contributed by atoms with Crippen molar-refractivity contribution in [2.24, 2.45) is 5.92 Å². The van der Waals surface area contributed by atoms with E-state index in [0.29, 0.717) is 48.4 Å². The summed E-state index contributed by atoms with van der Waals surface area (Å²) < 4.78 is 16.5. The van der Waals surface area contributed by atoms with E-state index in [1.54, 1.807) is 6.92 Å². The molecule has 4 rings (SSSR count). The number of rotatable bonds is 7. The Morgan fingerprint density at radius 2 is 1.97 bits per heavy atom. The third-order valence-electron chi connectivity index (χ3n) is 6.65. The van der Waals surface area contributed by atoms with Crippen LogP contribution in [0.4, 0.5) is 4.79 Å². The van der Waals surface area contributed by atoms with Crippen LogP contribution in [0.15, 0.2) is 34.9 Å². The van der Waals surface area contributed by atoms with Gasteiger partial charge in [0, 0.05) is 19.1 Å². The largest absolute Gasteiger partial charge is 0.486 e. The Hall–Kier alpha value is -3.03. The fraction of sp³-hybridized carbons (Fsp3) is 0.542. The van der Waals surface area contributed by atoms with Crippen molar-refractivity contribution < 1.29 is 23.6 Å².